The summed E-state index contributed by atoms with van der Waals surface area (Å²) in [5, 5.41) is 0. The van der Waals surface area contributed by atoms with Gasteiger partial charge in [-0.25, -0.2) is 0 Å². The van der Waals surface area contributed by atoms with Crippen LogP contribution < -0.4 is 14.7 Å². The average Bonchev–Trinajstić information content (AvgIpc) is 3.40. The van der Waals surface area contributed by atoms with Crippen LogP contribution in [0.3, 0.4) is 0 Å². The maximum atomic E-state index is 5.39. The van der Waals surface area contributed by atoms with Gasteiger partial charge in [0.2, 0.25) is 17.8 Å². The lowest BCUT2D eigenvalue weighted by Gasteiger charge is -2.24. The molecular weight excluding hydrogens is 312 g/mol. The van der Waals surface area contributed by atoms with Crippen molar-refractivity contribution in [2.24, 2.45) is 0 Å². The molecule has 4 heterocycles. The molecule has 0 N–H and O–H groups in total. The van der Waals surface area contributed by atoms with Crippen LogP contribution in [0.4, 0.5) is 17.8 Å². The first-order valence-electron chi connectivity index (χ1n) is 8.33. The quantitative estimate of drug-likeness (QED) is 0.547. The minimum absolute atomic E-state index is 0.268. The van der Waals surface area contributed by atoms with E-state index in [9.17, 15) is 0 Å². The number of epoxide rings is 3. The first-order valence-corrected chi connectivity index (χ1v) is 8.33. The Kier molecular flexibility index (Phi) is 4.15. The Bertz CT molecular complexity index is 575. The molecule has 0 amide bonds. The normalized spacial score (nSPS) is 26.9. The number of hydrogen-bond donors (Lipinski definition) is 0. The van der Waals surface area contributed by atoms with Crippen molar-refractivity contribution in [3.8, 4) is 0 Å². The van der Waals surface area contributed by atoms with Crippen molar-refractivity contribution in [1.82, 2.24) is 15.0 Å². The van der Waals surface area contributed by atoms with Gasteiger partial charge in [0, 0.05) is 40.8 Å². The molecular formula is C15H24N6O3. The van der Waals surface area contributed by atoms with Gasteiger partial charge in [0.25, 0.3) is 0 Å². The van der Waals surface area contributed by atoms with Crippen LogP contribution in [0.15, 0.2) is 0 Å². The SMILES string of the molecule is CN(C)c1nc(N(C)CC2CO2)nc(N(CC2CO2)CC2CO2)n1. The fraction of sp³-hybridized carbons (Fsp3) is 0.800. The van der Waals surface area contributed by atoms with Gasteiger partial charge in [-0.1, -0.05) is 0 Å². The second kappa shape index (κ2) is 6.30. The van der Waals surface area contributed by atoms with Gasteiger partial charge in [0.05, 0.1) is 38.1 Å². The van der Waals surface area contributed by atoms with Gasteiger partial charge in [0.15, 0.2) is 0 Å². The van der Waals surface area contributed by atoms with Gasteiger partial charge in [-0.05, 0) is 0 Å². The molecule has 0 aromatic carbocycles. The van der Waals surface area contributed by atoms with E-state index < -0.39 is 0 Å². The highest BCUT2D eigenvalue weighted by atomic mass is 16.6. The standard InChI is InChI=1S/C15H24N6O3/c1-19(2)13-16-14(20(3)4-10-7-22-10)18-15(17-13)21(5-11-8-23-11)6-12-9-24-12/h10-12H,4-9H2,1-3H3. The third-order valence-corrected chi connectivity index (χ3v) is 4.16. The molecule has 3 atom stereocenters. The molecule has 1 aromatic rings. The zero-order valence-corrected chi connectivity index (χ0v) is 14.4. The topological polar surface area (TPSA) is 86.0 Å². The summed E-state index contributed by atoms with van der Waals surface area (Å²) in [6.07, 6.45) is 0.822. The van der Waals surface area contributed by atoms with Crippen molar-refractivity contribution in [3.05, 3.63) is 0 Å². The summed E-state index contributed by atoms with van der Waals surface area (Å²) in [4.78, 5) is 20.0. The van der Waals surface area contributed by atoms with Gasteiger partial charge in [-0.2, -0.15) is 15.0 Å². The second-order valence-corrected chi connectivity index (χ2v) is 6.78. The maximum Gasteiger partial charge on any atom is 0.232 e. The largest absolute Gasteiger partial charge is 0.371 e. The fourth-order valence-corrected chi connectivity index (χ4v) is 2.49. The Balaban J connectivity index is 1.58. The zero-order valence-electron chi connectivity index (χ0n) is 14.4. The van der Waals surface area contributed by atoms with Gasteiger partial charge in [-0.3, -0.25) is 0 Å². The zero-order chi connectivity index (χ0) is 16.7. The van der Waals surface area contributed by atoms with E-state index in [1.54, 1.807) is 0 Å². The molecule has 0 radical (unpaired) electrons. The average molecular weight is 336 g/mol. The van der Waals surface area contributed by atoms with Gasteiger partial charge < -0.3 is 28.9 Å². The Morgan fingerprint density at radius 1 is 0.750 bits per heavy atom. The van der Waals surface area contributed by atoms with E-state index in [4.69, 9.17) is 19.2 Å². The van der Waals surface area contributed by atoms with Crippen molar-refractivity contribution >= 4 is 17.8 Å². The molecule has 0 bridgehead atoms. The molecule has 9 heteroatoms. The second-order valence-electron chi connectivity index (χ2n) is 6.78. The Morgan fingerprint density at radius 3 is 1.71 bits per heavy atom. The van der Waals surface area contributed by atoms with E-state index in [1.165, 1.54) is 0 Å². The summed E-state index contributed by atoms with van der Waals surface area (Å²) in [6, 6.07) is 0. The monoisotopic (exact) mass is 336 g/mol. The van der Waals surface area contributed by atoms with Gasteiger partial charge in [0.1, 0.15) is 0 Å². The lowest BCUT2D eigenvalue weighted by molar-refractivity contribution is 0.387. The van der Waals surface area contributed by atoms with Crippen LogP contribution in [-0.4, -0.2) is 93.9 Å². The molecule has 0 spiro atoms. The lowest BCUT2D eigenvalue weighted by atomic mass is 10.3. The first-order chi connectivity index (χ1) is 11.6. The van der Waals surface area contributed by atoms with E-state index in [1.807, 2.05) is 30.9 Å². The number of rotatable bonds is 9. The van der Waals surface area contributed by atoms with Crippen molar-refractivity contribution in [2.75, 3.05) is 75.3 Å². The Labute approximate surface area is 141 Å². The van der Waals surface area contributed by atoms with Crippen molar-refractivity contribution in [3.63, 3.8) is 0 Å². The third kappa shape index (κ3) is 4.03. The van der Waals surface area contributed by atoms with Crippen LogP contribution in [0.25, 0.3) is 0 Å². The number of likely N-dealkylation sites (N-methyl/N-ethyl adjacent to an activating group) is 1. The number of nitrogens with zero attached hydrogens (tertiary/aromatic N) is 6. The molecule has 3 aliphatic rings. The van der Waals surface area contributed by atoms with E-state index in [-0.39, 0.29) is 18.3 Å². The molecule has 3 aliphatic heterocycles. The number of ether oxygens (including phenoxy) is 3. The lowest BCUT2D eigenvalue weighted by Crippen LogP contribution is -2.35. The van der Waals surface area contributed by atoms with E-state index in [2.05, 4.69) is 14.9 Å². The highest BCUT2D eigenvalue weighted by Crippen LogP contribution is 2.23. The predicted molar refractivity (Wildman–Crippen MR) is 88.9 cm³/mol. The molecule has 0 aliphatic carbocycles. The number of hydrogen-bond acceptors (Lipinski definition) is 9. The van der Waals surface area contributed by atoms with E-state index in [0.717, 1.165) is 39.5 Å². The molecule has 9 nitrogen and oxygen atoms in total. The maximum absolute atomic E-state index is 5.39. The fourth-order valence-electron chi connectivity index (χ4n) is 2.49. The first kappa shape index (κ1) is 15.8. The van der Waals surface area contributed by atoms with Crippen LogP contribution in [0.1, 0.15) is 0 Å². The van der Waals surface area contributed by atoms with Crippen LogP contribution in [0.2, 0.25) is 0 Å². The van der Waals surface area contributed by atoms with Crippen molar-refractivity contribution in [1.29, 1.82) is 0 Å². The van der Waals surface area contributed by atoms with Crippen LogP contribution in [0.5, 0.6) is 0 Å². The summed E-state index contributed by atoms with van der Waals surface area (Å²) >= 11 is 0. The van der Waals surface area contributed by atoms with E-state index >= 15 is 0 Å². The van der Waals surface area contributed by atoms with Crippen molar-refractivity contribution < 1.29 is 14.2 Å². The minimum Gasteiger partial charge on any atom is -0.371 e. The smallest absolute Gasteiger partial charge is 0.232 e. The molecule has 3 fully saturated rings. The van der Waals surface area contributed by atoms with Crippen molar-refractivity contribution in [2.45, 2.75) is 18.3 Å². The molecule has 24 heavy (non-hydrogen) atoms. The summed E-state index contributed by atoms with van der Waals surface area (Å²) in [5.74, 6) is 1.99. The third-order valence-electron chi connectivity index (χ3n) is 4.16. The number of aromatic nitrogens is 3. The summed E-state index contributed by atoms with van der Waals surface area (Å²) < 4.78 is 16.1. The number of anilines is 3. The minimum atomic E-state index is 0.268. The molecule has 1 aromatic heterocycles. The molecule has 132 valence electrons. The highest BCUT2D eigenvalue weighted by Gasteiger charge is 2.33. The summed E-state index contributed by atoms with van der Waals surface area (Å²) in [6.45, 7) is 4.77. The van der Waals surface area contributed by atoms with Crippen LogP contribution in [0, 0.1) is 0 Å². The van der Waals surface area contributed by atoms with E-state index in [0.29, 0.717) is 17.8 Å². The highest BCUT2D eigenvalue weighted by molar-refractivity contribution is 5.46. The summed E-state index contributed by atoms with van der Waals surface area (Å²) in [5.41, 5.74) is 0. The van der Waals surface area contributed by atoms with Gasteiger partial charge >= 0.3 is 0 Å². The molecule has 3 unspecified atom stereocenters. The molecule has 3 saturated heterocycles. The Morgan fingerprint density at radius 2 is 1.21 bits per heavy atom. The molecule has 4 rings (SSSR count). The van der Waals surface area contributed by atoms with Crippen LogP contribution in [-0.2, 0) is 14.2 Å². The Hall–Kier alpha value is -1.71. The summed E-state index contributed by atoms with van der Waals surface area (Å²) in [7, 11) is 5.86. The van der Waals surface area contributed by atoms with Gasteiger partial charge in [-0.15, -0.1) is 0 Å². The molecule has 0 saturated carbocycles. The van der Waals surface area contributed by atoms with Crippen LogP contribution >= 0.6 is 0 Å². The predicted octanol–water partition coefficient (Wildman–Crippen LogP) is -0.623.